The molecule has 26 heavy (non-hydrogen) atoms. The quantitative estimate of drug-likeness (QED) is 0.714. The van der Waals surface area contributed by atoms with Crippen molar-refractivity contribution in [1.29, 1.82) is 0 Å². The van der Waals surface area contributed by atoms with Crippen molar-refractivity contribution >= 4 is 11.9 Å². The number of hydrogen-bond donors (Lipinski definition) is 2. The van der Waals surface area contributed by atoms with E-state index in [1.165, 1.54) is 24.5 Å². The molecule has 0 fully saturated rings. The summed E-state index contributed by atoms with van der Waals surface area (Å²) in [6, 6.07) is 9.18. The van der Waals surface area contributed by atoms with Gasteiger partial charge >= 0.3 is 0 Å². The van der Waals surface area contributed by atoms with Crippen molar-refractivity contribution in [3.05, 3.63) is 83.7 Å². The van der Waals surface area contributed by atoms with E-state index in [1.807, 2.05) is 6.92 Å². The summed E-state index contributed by atoms with van der Waals surface area (Å²) in [4.78, 5) is 24.9. The molecule has 3 rings (SSSR count). The predicted octanol–water partition coefficient (Wildman–Crippen LogP) is 2.96. The van der Waals surface area contributed by atoms with Crippen LogP contribution in [-0.2, 0) is 0 Å². The molecule has 7 heteroatoms. The number of pyridine rings is 1. The lowest BCUT2D eigenvalue weighted by Gasteiger charge is -2.19. The third-order valence-electron chi connectivity index (χ3n) is 3.77. The highest BCUT2D eigenvalue weighted by atomic mass is 19.1. The molecular formula is C19H18FN5O. The van der Waals surface area contributed by atoms with Crippen molar-refractivity contribution in [3.8, 4) is 0 Å². The highest BCUT2D eigenvalue weighted by Crippen LogP contribution is 2.22. The van der Waals surface area contributed by atoms with E-state index in [2.05, 4.69) is 25.6 Å². The van der Waals surface area contributed by atoms with Crippen LogP contribution >= 0.6 is 0 Å². The Bertz CT molecular complexity index is 853. The molecule has 0 saturated carbocycles. The van der Waals surface area contributed by atoms with Gasteiger partial charge in [-0.1, -0.05) is 12.1 Å². The van der Waals surface area contributed by atoms with Crippen LogP contribution in [0.3, 0.4) is 0 Å². The number of amides is 1. The zero-order chi connectivity index (χ0) is 18.4. The molecule has 0 aliphatic heterocycles. The smallest absolute Gasteiger partial charge is 0.255 e. The maximum absolute atomic E-state index is 13.3. The molecule has 0 spiro atoms. The Kier molecular flexibility index (Phi) is 5.48. The first kappa shape index (κ1) is 17.5. The summed E-state index contributed by atoms with van der Waals surface area (Å²) in [6.07, 6.45) is 6.22. The Balaban J connectivity index is 1.85. The summed E-state index contributed by atoms with van der Waals surface area (Å²) in [5, 5.41) is 5.92. The molecule has 1 unspecified atom stereocenters. The van der Waals surface area contributed by atoms with Gasteiger partial charge < -0.3 is 10.6 Å². The van der Waals surface area contributed by atoms with Crippen LogP contribution in [-0.4, -0.2) is 27.4 Å². The van der Waals surface area contributed by atoms with Gasteiger partial charge in [-0.15, -0.1) is 0 Å². The number of benzene rings is 1. The van der Waals surface area contributed by atoms with Gasteiger partial charge in [0.15, 0.2) is 0 Å². The molecule has 1 aromatic carbocycles. The van der Waals surface area contributed by atoms with Crippen molar-refractivity contribution < 1.29 is 9.18 Å². The van der Waals surface area contributed by atoms with Crippen LogP contribution in [0.4, 0.5) is 10.3 Å². The van der Waals surface area contributed by atoms with Crippen molar-refractivity contribution in [2.75, 3.05) is 11.9 Å². The van der Waals surface area contributed by atoms with E-state index in [0.717, 1.165) is 11.1 Å². The van der Waals surface area contributed by atoms with Crippen LogP contribution in [0.5, 0.6) is 0 Å². The number of rotatable bonds is 6. The van der Waals surface area contributed by atoms with Gasteiger partial charge in [0.25, 0.3) is 5.91 Å². The highest BCUT2D eigenvalue weighted by molar-refractivity contribution is 5.94. The van der Waals surface area contributed by atoms with E-state index in [4.69, 9.17) is 0 Å². The lowest BCUT2D eigenvalue weighted by molar-refractivity contribution is 0.0942. The van der Waals surface area contributed by atoms with Gasteiger partial charge in [-0.25, -0.2) is 14.4 Å². The average Bonchev–Trinajstić information content (AvgIpc) is 2.68. The molecule has 2 aromatic heterocycles. The fraction of sp³-hybridized carbons (Fsp3) is 0.158. The minimum atomic E-state index is -0.445. The molecule has 6 nitrogen and oxygen atoms in total. The van der Waals surface area contributed by atoms with E-state index in [1.54, 1.807) is 36.7 Å². The van der Waals surface area contributed by atoms with Crippen LogP contribution in [0.25, 0.3) is 0 Å². The minimum Gasteiger partial charge on any atom is -0.355 e. The molecule has 132 valence electrons. The molecule has 3 aromatic rings. The largest absolute Gasteiger partial charge is 0.355 e. The van der Waals surface area contributed by atoms with Crippen molar-refractivity contribution in [2.45, 2.75) is 13.0 Å². The fourth-order valence-corrected chi connectivity index (χ4v) is 2.48. The van der Waals surface area contributed by atoms with Gasteiger partial charge in [0.1, 0.15) is 5.82 Å². The Morgan fingerprint density at radius 1 is 1.04 bits per heavy atom. The number of carbonyl (C=O) groups excluding carboxylic acids is 1. The van der Waals surface area contributed by atoms with Crippen molar-refractivity contribution in [1.82, 2.24) is 20.3 Å². The average molecular weight is 351 g/mol. The molecule has 0 saturated heterocycles. The zero-order valence-corrected chi connectivity index (χ0v) is 14.2. The first-order valence-electron chi connectivity index (χ1n) is 8.19. The fourth-order valence-electron chi connectivity index (χ4n) is 2.48. The number of aromatic nitrogens is 3. The Hall–Kier alpha value is -3.35. The van der Waals surface area contributed by atoms with Crippen LogP contribution in [0.1, 0.15) is 34.5 Å². The monoisotopic (exact) mass is 351 g/mol. The molecule has 1 amide bonds. The minimum absolute atomic E-state index is 0.320. The predicted molar refractivity (Wildman–Crippen MR) is 96.1 cm³/mol. The standard InChI is InChI=1S/C19H18FN5O/c1-2-22-19-23-11-15(12-24-19)18(26)25-17(14-7-9-21-10-8-14)13-3-5-16(20)6-4-13/h3-12,17H,2H2,1H3,(H,25,26)(H,22,23,24). The number of nitrogens with one attached hydrogen (secondary N) is 2. The third kappa shape index (κ3) is 4.18. The molecule has 2 heterocycles. The Labute approximate surface area is 150 Å². The number of hydrogen-bond acceptors (Lipinski definition) is 5. The van der Waals surface area contributed by atoms with Crippen LogP contribution < -0.4 is 10.6 Å². The van der Waals surface area contributed by atoms with Gasteiger partial charge in [-0.05, 0) is 42.3 Å². The summed E-state index contributed by atoms with van der Waals surface area (Å²) in [5.41, 5.74) is 1.94. The second-order valence-corrected chi connectivity index (χ2v) is 5.56. The molecule has 0 bridgehead atoms. The lowest BCUT2D eigenvalue weighted by atomic mass is 9.99. The van der Waals surface area contributed by atoms with E-state index in [9.17, 15) is 9.18 Å². The normalized spacial score (nSPS) is 11.6. The second-order valence-electron chi connectivity index (χ2n) is 5.56. The molecule has 2 N–H and O–H groups in total. The molecular weight excluding hydrogens is 333 g/mol. The summed E-state index contributed by atoms with van der Waals surface area (Å²) in [7, 11) is 0. The van der Waals surface area contributed by atoms with Gasteiger partial charge in [-0.3, -0.25) is 9.78 Å². The van der Waals surface area contributed by atoms with Gasteiger partial charge in [0, 0.05) is 31.3 Å². The van der Waals surface area contributed by atoms with Gasteiger partial charge in [-0.2, -0.15) is 0 Å². The Morgan fingerprint density at radius 2 is 1.65 bits per heavy atom. The molecule has 0 aliphatic rings. The first-order valence-corrected chi connectivity index (χ1v) is 8.19. The van der Waals surface area contributed by atoms with Crippen molar-refractivity contribution in [3.63, 3.8) is 0 Å². The number of carbonyl (C=O) groups is 1. The summed E-state index contributed by atoms with van der Waals surface area (Å²) < 4.78 is 13.3. The molecule has 1 atom stereocenters. The van der Waals surface area contributed by atoms with Gasteiger partial charge in [0.2, 0.25) is 5.95 Å². The van der Waals surface area contributed by atoms with E-state index >= 15 is 0 Å². The topological polar surface area (TPSA) is 79.8 Å². The zero-order valence-electron chi connectivity index (χ0n) is 14.2. The summed E-state index contributed by atoms with van der Waals surface area (Å²) in [6.45, 7) is 2.63. The maximum Gasteiger partial charge on any atom is 0.255 e. The number of anilines is 1. The van der Waals surface area contributed by atoms with Crippen LogP contribution in [0, 0.1) is 5.82 Å². The highest BCUT2D eigenvalue weighted by Gasteiger charge is 2.18. The number of nitrogens with zero attached hydrogens (tertiary/aromatic N) is 3. The Morgan fingerprint density at radius 3 is 2.27 bits per heavy atom. The lowest BCUT2D eigenvalue weighted by Crippen LogP contribution is -2.29. The van der Waals surface area contributed by atoms with E-state index in [-0.39, 0.29) is 11.7 Å². The molecule has 0 aliphatic carbocycles. The van der Waals surface area contributed by atoms with Crippen LogP contribution in [0.15, 0.2) is 61.2 Å². The van der Waals surface area contributed by atoms with Gasteiger partial charge in [0.05, 0.1) is 11.6 Å². The van der Waals surface area contributed by atoms with E-state index < -0.39 is 6.04 Å². The number of halogens is 1. The van der Waals surface area contributed by atoms with Crippen molar-refractivity contribution in [2.24, 2.45) is 0 Å². The van der Waals surface area contributed by atoms with Crippen LogP contribution in [0.2, 0.25) is 0 Å². The third-order valence-corrected chi connectivity index (χ3v) is 3.77. The summed E-state index contributed by atoms with van der Waals surface area (Å²) >= 11 is 0. The first-order chi connectivity index (χ1) is 12.7. The maximum atomic E-state index is 13.3. The SMILES string of the molecule is CCNc1ncc(C(=O)NC(c2ccncc2)c2ccc(F)cc2)cn1. The molecule has 0 radical (unpaired) electrons. The summed E-state index contributed by atoms with van der Waals surface area (Å²) in [5.74, 6) is -0.187. The van der Waals surface area contributed by atoms with E-state index in [0.29, 0.717) is 18.1 Å². The second kappa shape index (κ2) is 8.15.